The van der Waals surface area contributed by atoms with Gasteiger partial charge in [-0.05, 0) is 24.5 Å². The quantitative estimate of drug-likeness (QED) is 0.712. The fraction of sp³-hybridized carbons (Fsp3) is 0.316. The average molecular weight is 375 g/mol. The van der Waals surface area contributed by atoms with Crippen LogP contribution in [-0.4, -0.2) is 22.6 Å². The van der Waals surface area contributed by atoms with Crippen molar-refractivity contribution in [3.63, 3.8) is 0 Å². The van der Waals surface area contributed by atoms with E-state index in [4.69, 9.17) is 10.3 Å². The largest absolute Gasteiger partial charge is 0.350 e. The van der Waals surface area contributed by atoms with Crippen LogP contribution in [0.3, 0.4) is 0 Å². The predicted octanol–water partition coefficient (Wildman–Crippen LogP) is 3.51. The van der Waals surface area contributed by atoms with E-state index in [2.05, 4.69) is 15.5 Å². The van der Waals surface area contributed by atoms with Gasteiger partial charge in [-0.25, -0.2) is 4.98 Å². The van der Waals surface area contributed by atoms with Crippen LogP contribution in [0.2, 0.25) is 0 Å². The summed E-state index contributed by atoms with van der Waals surface area (Å²) in [6.07, 6.45) is 0. The van der Waals surface area contributed by atoms with Gasteiger partial charge in [-0.1, -0.05) is 49.3 Å². The lowest BCUT2D eigenvalue weighted by Gasteiger charge is -2.14. The van der Waals surface area contributed by atoms with Crippen molar-refractivity contribution >= 4 is 29.4 Å². The summed E-state index contributed by atoms with van der Waals surface area (Å²) >= 11 is 0. The molecular formula is C19H23ClN4O2. The van der Waals surface area contributed by atoms with Crippen LogP contribution < -0.4 is 11.1 Å². The number of carbonyl (C=O) groups excluding carboxylic acids is 1. The van der Waals surface area contributed by atoms with Crippen molar-refractivity contribution < 1.29 is 9.32 Å². The Morgan fingerprint density at radius 1 is 1.27 bits per heavy atom. The lowest BCUT2D eigenvalue weighted by atomic mass is 10.0. The van der Waals surface area contributed by atoms with Crippen molar-refractivity contribution in [3.8, 4) is 0 Å². The number of nitrogens with zero attached hydrogens (tertiary/aromatic N) is 2. The third kappa shape index (κ3) is 4.03. The first-order chi connectivity index (χ1) is 12.0. The number of pyridine rings is 1. The van der Waals surface area contributed by atoms with Gasteiger partial charge in [0.2, 0.25) is 0 Å². The normalized spacial score (nSPS) is 12.0. The van der Waals surface area contributed by atoms with E-state index in [9.17, 15) is 4.79 Å². The Morgan fingerprint density at radius 2 is 1.96 bits per heavy atom. The highest BCUT2D eigenvalue weighted by Crippen LogP contribution is 2.27. The number of hydrogen-bond donors (Lipinski definition) is 2. The molecule has 0 spiro atoms. The number of aromatic nitrogens is 2. The van der Waals surface area contributed by atoms with E-state index in [1.807, 2.05) is 51.1 Å². The third-order valence-corrected chi connectivity index (χ3v) is 4.10. The smallest absolute Gasteiger partial charge is 0.259 e. The standard InChI is InChI=1S/C19H22N4O2.ClH/c1-11(2)17-16-14(9-12(3)22-19(16)25-23-17)18(24)21-10-15(20)13-7-5-4-6-8-13;/h4-9,11,15H,10,20H2,1-3H3,(H,21,24);1H. The molecule has 3 rings (SSSR count). The molecule has 2 heterocycles. The van der Waals surface area contributed by atoms with Crippen molar-refractivity contribution in [2.24, 2.45) is 5.73 Å². The van der Waals surface area contributed by atoms with Crippen molar-refractivity contribution in [2.45, 2.75) is 32.7 Å². The number of benzene rings is 1. The molecule has 7 heteroatoms. The molecule has 2 aromatic heterocycles. The topological polar surface area (TPSA) is 94.0 Å². The summed E-state index contributed by atoms with van der Waals surface area (Å²) in [5.41, 5.74) is 9.49. The van der Waals surface area contributed by atoms with E-state index in [1.54, 1.807) is 6.07 Å². The lowest BCUT2D eigenvalue weighted by Crippen LogP contribution is -2.32. The number of fused-ring (bicyclic) bond motifs is 1. The molecule has 0 aliphatic carbocycles. The van der Waals surface area contributed by atoms with E-state index >= 15 is 0 Å². The van der Waals surface area contributed by atoms with Gasteiger partial charge in [0.1, 0.15) is 0 Å². The van der Waals surface area contributed by atoms with E-state index in [1.165, 1.54) is 0 Å². The molecule has 0 saturated carbocycles. The molecule has 0 fully saturated rings. The van der Waals surface area contributed by atoms with Crippen LogP contribution in [0.1, 0.15) is 53.1 Å². The number of nitrogens with one attached hydrogen (secondary N) is 1. The van der Waals surface area contributed by atoms with Crippen LogP contribution in [0.5, 0.6) is 0 Å². The second-order valence-electron chi connectivity index (χ2n) is 6.44. The Hall–Kier alpha value is -2.44. The maximum Gasteiger partial charge on any atom is 0.259 e. The number of hydrogen-bond acceptors (Lipinski definition) is 5. The number of halogens is 1. The lowest BCUT2D eigenvalue weighted by molar-refractivity contribution is 0.0952. The number of amides is 1. The molecule has 0 bridgehead atoms. The number of rotatable bonds is 5. The van der Waals surface area contributed by atoms with Crippen LogP contribution in [0, 0.1) is 6.92 Å². The number of carbonyl (C=O) groups is 1. The van der Waals surface area contributed by atoms with Gasteiger partial charge in [0.15, 0.2) is 0 Å². The molecule has 1 aromatic carbocycles. The van der Waals surface area contributed by atoms with Crippen molar-refractivity contribution in [3.05, 3.63) is 58.9 Å². The third-order valence-electron chi connectivity index (χ3n) is 4.10. The van der Waals surface area contributed by atoms with E-state index in [0.717, 1.165) is 11.3 Å². The van der Waals surface area contributed by atoms with E-state index < -0.39 is 0 Å². The molecule has 0 aliphatic rings. The summed E-state index contributed by atoms with van der Waals surface area (Å²) < 4.78 is 5.31. The van der Waals surface area contributed by atoms with Gasteiger partial charge in [0.25, 0.3) is 11.6 Å². The Kier molecular flexibility index (Phi) is 6.34. The number of aryl methyl sites for hydroxylation is 1. The molecule has 3 aromatic rings. The van der Waals surface area contributed by atoms with Gasteiger partial charge in [0.05, 0.1) is 16.6 Å². The van der Waals surface area contributed by atoms with E-state index in [-0.39, 0.29) is 30.3 Å². The molecule has 1 amide bonds. The SMILES string of the molecule is Cc1cc(C(=O)NCC(N)c2ccccc2)c2c(C(C)C)noc2n1.Cl. The first kappa shape index (κ1) is 19.9. The molecule has 0 saturated heterocycles. The minimum atomic E-state index is -0.268. The fourth-order valence-electron chi connectivity index (χ4n) is 2.79. The molecule has 3 N–H and O–H groups in total. The summed E-state index contributed by atoms with van der Waals surface area (Å²) in [6.45, 7) is 6.17. The Bertz CT molecular complexity index is 893. The Balaban J connectivity index is 0.00000243. The molecule has 1 atom stereocenters. The Morgan fingerprint density at radius 3 is 2.62 bits per heavy atom. The highest BCUT2D eigenvalue weighted by Gasteiger charge is 2.21. The highest BCUT2D eigenvalue weighted by atomic mass is 35.5. The molecule has 6 nitrogen and oxygen atoms in total. The van der Waals surface area contributed by atoms with Crippen molar-refractivity contribution in [1.82, 2.24) is 15.5 Å². The van der Waals surface area contributed by atoms with Crippen LogP contribution >= 0.6 is 12.4 Å². The van der Waals surface area contributed by atoms with Crippen LogP contribution in [0.4, 0.5) is 0 Å². The second kappa shape index (κ2) is 8.29. The summed E-state index contributed by atoms with van der Waals surface area (Å²) in [6, 6.07) is 11.2. The summed E-state index contributed by atoms with van der Waals surface area (Å²) in [5.74, 6) is -0.0733. The van der Waals surface area contributed by atoms with Gasteiger partial charge in [-0.2, -0.15) is 0 Å². The molecule has 0 radical (unpaired) electrons. The van der Waals surface area contributed by atoms with Gasteiger partial charge in [-0.3, -0.25) is 4.79 Å². The van der Waals surface area contributed by atoms with Crippen molar-refractivity contribution in [2.75, 3.05) is 6.54 Å². The minimum Gasteiger partial charge on any atom is -0.350 e. The van der Waals surface area contributed by atoms with Crippen molar-refractivity contribution in [1.29, 1.82) is 0 Å². The second-order valence-corrected chi connectivity index (χ2v) is 6.44. The summed E-state index contributed by atoms with van der Waals surface area (Å²) in [5, 5.41) is 7.66. The fourth-order valence-corrected chi connectivity index (χ4v) is 2.79. The van der Waals surface area contributed by atoms with Gasteiger partial charge in [0, 0.05) is 18.3 Å². The summed E-state index contributed by atoms with van der Waals surface area (Å²) in [7, 11) is 0. The van der Waals surface area contributed by atoms with Gasteiger partial charge >= 0.3 is 0 Å². The number of nitrogens with two attached hydrogens (primary N) is 1. The van der Waals surface area contributed by atoms with Crippen LogP contribution in [0.15, 0.2) is 40.9 Å². The summed E-state index contributed by atoms with van der Waals surface area (Å²) in [4.78, 5) is 17.1. The van der Waals surface area contributed by atoms with Gasteiger partial charge in [-0.15, -0.1) is 12.4 Å². The van der Waals surface area contributed by atoms with Crippen LogP contribution in [0.25, 0.3) is 11.1 Å². The van der Waals surface area contributed by atoms with Gasteiger partial charge < -0.3 is 15.6 Å². The average Bonchev–Trinajstić information content (AvgIpc) is 3.03. The molecule has 138 valence electrons. The molecule has 26 heavy (non-hydrogen) atoms. The first-order valence-electron chi connectivity index (χ1n) is 8.33. The maximum absolute atomic E-state index is 12.8. The van der Waals surface area contributed by atoms with Crippen LogP contribution in [-0.2, 0) is 0 Å². The first-order valence-corrected chi connectivity index (χ1v) is 8.33. The monoisotopic (exact) mass is 374 g/mol. The zero-order valence-electron chi connectivity index (χ0n) is 15.0. The molecular weight excluding hydrogens is 352 g/mol. The molecule has 1 unspecified atom stereocenters. The molecule has 0 aliphatic heterocycles. The maximum atomic E-state index is 12.8. The Labute approximate surface area is 158 Å². The highest BCUT2D eigenvalue weighted by molar-refractivity contribution is 6.06. The minimum absolute atomic E-state index is 0. The van der Waals surface area contributed by atoms with E-state index in [0.29, 0.717) is 28.9 Å². The predicted molar refractivity (Wildman–Crippen MR) is 104 cm³/mol. The zero-order chi connectivity index (χ0) is 18.0. The zero-order valence-corrected chi connectivity index (χ0v) is 15.8.